The van der Waals surface area contributed by atoms with Crippen LogP contribution >= 0.6 is 11.3 Å². The number of rotatable bonds is 9. The van der Waals surface area contributed by atoms with E-state index in [2.05, 4.69) is 20.6 Å². The molecule has 2 N–H and O–H groups in total. The van der Waals surface area contributed by atoms with Gasteiger partial charge in [-0.1, -0.05) is 42.5 Å². The minimum absolute atomic E-state index is 0.111. The second kappa shape index (κ2) is 11.3. The standard InChI is InChI=1S/C26H21F3N4O3S/c27-26(28,29)24(35)36-25(16-18-5-2-1-3-6-18,32-17-22-31-13-14-37-22)23(34)33-21-8-4-7-20(15-21)19-9-11-30-12-10-19/h1-15,32H,16-17H2,(H,33,34)/t25-/m1/s1. The number of nitrogens with one attached hydrogen (secondary N) is 2. The summed E-state index contributed by atoms with van der Waals surface area (Å²) in [4.78, 5) is 33.8. The Hall–Kier alpha value is -4.09. The lowest BCUT2D eigenvalue weighted by atomic mass is 10.0. The highest BCUT2D eigenvalue weighted by Crippen LogP contribution is 2.27. The summed E-state index contributed by atoms with van der Waals surface area (Å²) in [6, 6.07) is 18.6. The lowest BCUT2D eigenvalue weighted by Gasteiger charge is -2.33. The number of carbonyl (C=O) groups excluding carboxylic acids is 2. The van der Waals surface area contributed by atoms with Gasteiger partial charge in [0.25, 0.3) is 5.91 Å². The first-order chi connectivity index (χ1) is 17.7. The van der Waals surface area contributed by atoms with Crippen LogP contribution in [-0.2, 0) is 27.3 Å². The van der Waals surface area contributed by atoms with Crippen molar-refractivity contribution in [1.29, 1.82) is 0 Å². The van der Waals surface area contributed by atoms with Crippen molar-refractivity contribution in [2.45, 2.75) is 24.9 Å². The summed E-state index contributed by atoms with van der Waals surface area (Å²) in [5.41, 5.74) is -0.0451. The zero-order valence-electron chi connectivity index (χ0n) is 19.2. The topological polar surface area (TPSA) is 93.2 Å². The minimum Gasteiger partial charge on any atom is -0.427 e. The molecule has 2 aromatic heterocycles. The molecular formula is C26H21F3N4O3S. The summed E-state index contributed by atoms with van der Waals surface area (Å²) in [5.74, 6) is -3.46. The molecule has 0 bridgehead atoms. The Morgan fingerprint density at radius 2 is 1.68 bits per heavy atom. The van der Waals surface area contributed by atoms with Gasteiger partial charge in [-0.2, -0.15) is 13.2 Å². The van der Waals surface area contributed by atoms with Crippen LogP contribution in [-0.4, -0.2) is 33.7 Å². The van der Waals surface area contributed by atoms with E-state index in [0.717, 1.165) is 11.1 Å². The van der Waals surface area contributed by atoms with E-state index in [0.29, 0.717) is 16.3 Å². The van der Waals surface area contributed by atoms with Crippen LogP contribution in [0.4, 0.5) is 18.9 Å². The van der Waals surface area contributed by atoms with E-state index in [1.165, 1.54) is 17.5 Å². The molecule has 0 spiro atoms. The van der Waals surface area contributed by atoms with Gasteiger partial charge in [-0.25, -0.2) is 9.78 Å². The third kappa shape index (κ3) is 6.78. The molecule has 1 amide bonds. The van der Waals surface area contributed by atoms with Crippen LogP contribution in [0.25, 0.3) is 11.1 Å². The van der Waals surface area contributed by atoms with Crippen LogP contribution in [0.2, 0.25) is 0 Å². The Morgan fingerprint density at radius 3 is 2.35 bits per heavy atom. The van der Waals surface area contributed by atoms with Crippen molar-refractivity contribution in [1.82, 2.24) is 15.3 Å². The van der Waals surface area contributed by atoms with Crippen LogP contribution in [0.5, 0.6) is 0 Å². The van der Waals surface area contributed by atoms with E-state index in [-0.39, 0.29) is 13.0 Å². The van der Waals surface area contributed by atoms with Crippen LogP contribution in [0.15, 0.2) is 90.7 Å². The molecule has 7 nitrogen and oxygen atoms in total. The maximum atomic E-state index is 13.7. The Morgan fingerprint density at radius 1 is 0.919 bits per heavy atom. The van der Waals surface area contributed by atoms with Gasteiger partial charge in [0, 0.05) is 36.1 Å². The van der Waals surface area contributed by atoms with Crippen molar-refractivity contribution < 1.29 is 27.5 Å². The molecule has 0 saturated heterocycles. The number of hydrogen-bond acceptors (Lipinski definition) is 7. The number of benzene rings is 2. The number of pyridine rings is 1. The number of anilines is 1. The predicted molar refractivity (Wildman–Crippen MR) is 132 cm³/mol. The predicted octanol–water partition coefficient (Wildman–Crippen LogP) is 4.98. The van der Waals surface area contributed by atoms with Gasteiger partial charge in [0.05, 0.1) is 6.54 Å². The molecule has 0 aliphatic carbocycles. The third-order valence-corrected chi connectivity index (χ3v) is 6.08. The molecule has 0 unspecified atom stereocenters. The fraction of sp³-hybridized carbons (Fsp3) is 0.154. The smallest absolute Gasteiger partial charge is 0.427 e. The van der Waals surface area contributed by atoms with E-state index in [9.17, 15) is 22.8 Å². The fourth-order valence-electron chi connectivity index (χ4n) is 3.55. The average Bonchev–Trinajstić information content (AvgIpc) is 3.42. The molecule has 0 fully saturated rings. The summed E-state index contributed by atoms with van der Waals surface area (Å²) >= 11 is 1.24. The van der Waals surface area contributed by atoms with Crippen LogP contribution < -0.4 is 10.6 Å². The Balaban J connectivity index is 1.70. The quantitative estimate of drug-likeness (QED) is 0.236. The van der Waals surface area contributed by atoms with E-state index in [4.69, 9.17) is 4.74 Å². The SMILES string of the molecule is O=C(O[C@@](Cc1ccccc1)(NCc1nccs1)C(=O)Nc1cccc(-c2ccncc2)c1)C(F)(F)F. The highest BCUT2D eigenvalue weighted by molar-refractivity contribution is 7.09. The monoisotopic (exact) mass is 526 g/mol. The number of esters is 1. The van der Waals surface area contributed by atoms with Crippen molar-refractivity contribution in [3.63, 3.8) is 0 Å². The summed E-state index contributed by atoms with van der Waals surface area (Å²) in [5, 5.41) is 7.54. The van der Waals surface area contributed by atoms with Gasteiger partial charge in [0.2, 0.25) is 5.72 Å². The fourth-order valence-corrected chi connectivity index (χ4v) is 4.11. The zero-order chi connectivity index (χ0) is 26.3. The first kappa shape index (κ1) is 26.0. The molecule has 2 heterocycles. The Labute approximate surface area is 214 Å². The molecule has 190 valence electrons. The second-order valence-electron chi connectivity index (χ2n) is 7.93. The number of ether oxygens (including phenoxy) is 1. The lowest BCUT2D eigenvalue weighted by Crippen LogP contribution is -2.60. The van der Waals surface area contributed by atoms with Gasteiger partial charge in [0.15, 0.2) is 0 Å². The number of nitrogens with zero attached hydrogens (tertiary/aromatic N) is 2. The van der Waals surface area contributed by atoms with Crippen molar-refractivity contribution >= 4 is 28.9 Å². The molecule has 1 atom stereocenters. The minimum atomic E-state index is -5.31. The number of amides is 1. The molecule has 2 aromatic carbocycles. The molecule has 11 heteroatoms. The van der Waals surface area contributed by atoms with Gasteiger partial charge in [0.1, 0.15) is 5.01 Å². The zero-order valence-corrected chi connectivity index (χ0v) is 20.1. The Bertz CT molecular complexity index is 1340. The molecule has 4 aromatic rings. The normalized spacial score (nSPS) is 12.9. The average molecular weight is 527 g/mol. The van der Waals surface area contributed by atoms with Crippen LogP contribution in [0.1, 0.15) is 10.6 Å². The summed E-state index contributed by atoms with van der Waals surface area (Å²) in [7, 11) is 0. The van der Waals surface area contributed by atoms with E-state index in [1.807, 2.05) is 6.07 Å². The number of carbonyl (C=O) groups is 2. The largest absolute Gasteiger partial charge is 0.491 e. The lowest BCUT2D eigenvalue weighted by molar-refractivity contribution is -0.216. The second-order valence-corrected chi connectivity index (χ2v) is 8.91. The number of aromatic nitrogens is 2. The molecule has 37 heavy (non-hydrogen) atoms. The molecule has 4 rings (SSSR count). The third-order valence-electron chi connectivity index (χ3n) is 5.30. The van der Waals surface area contributed by atoms with Crippen LogP contribution in [0, 0.1) is 0 Å². The molecule has 0 aliphatic heterocycles. The summed E-state index contributed by atoms with van der Waals surface area (Å²) < 4.78 is 44.9. The van der Waals surface area contributed by atoms with Gasteiger partial charge in [-0.3, -0.25) is 15.1 Å². The van der Waals surface area contributed by atoms with E-state index < -0.39 is 23.8 Å². The highest BCUT2D eigenvalue weighted by atomic mass is 32.1. The Kier molecular flexibility index (Phi) is 7.95. The number of alkyl halides is 3. The number of hydrogen-bond donors (Lipinski definition) is 2. The van der Waals surface area contributed by atoms with Gasteiger partial charge < -0.3 is 10.1 Å². The number of halogens is 3. The van der Waals surface area contributed by atoms with Crippen LogP contribution in [0.3, 0.4) is 0 Å². The van der Waals surface area contributed by atoms with Gasteiger partial charge in [-0.05, 0) is 41.0 Å². The van der Waals surface area contributed by atoms with Crippen molar-refractivity contribution in [3.8, 4) is 11.1 Å². The van der Waals surface area contributed by atoms with Crippen molar-refractivity contribution in [3.05, 3.63) is 101 Å². The molecule has 0 radical (unpaired) electrons. The van der Waals surface area contributed by atoms with E-state index >= 15 is 0 Å². The maximum Gasteiger partial charge on any atom is 0.491 e. The van der Waals surface area contributed by atoms with Gasteiger partial charge in [-0.15, -0.1) is 11.3 Å². The molecule has 0 saturated carbocycles. The van der Waals surface area contributed by atoms with Crippen molar-refractivity contribution in [2.24, 2.45) is 0 Å². The van der Waals surface area contributed by atoms with Gasteiger partial charge >= 0.3 is 12.1 Å². The summed E-state index contributed by atoms with van der Waals surface area (Å²) in [6.45, 7) is -0.111. The maximum absolute atomic E-state index is 13.7. The highest BCUT2D eigenvalue weighted by Gasteiger charge is 2.50. The summed E-state index contributed by atoms with van der Waals surface area (Å²) in [6.07, 6.45) is -0.925. The molecular weight excluding hydrogens is 505 g/mol. The number of thiazole rings is 1. The van der Waals surface area contributed by atoms with Crippen molar-refractivity contribution in [2.75, 3.05) is 5.32 Å². The first-order valence-electron chi connectivity index (χ1n) is 11.0. The van der Waals surface area contributed by atoms with E-state index in [1.54, 1.807) is 78.4 Å². The first-order valence-corrected chi connectivity index (χ1v) is 11.9. The molecule has 0 aliphatic rings.